The number of pyridine rings is 1. The van der Waals surface area contributed by atoms with Gasteiger partial charge in [-0.25, -0.2) is 0 Å². The summed E-state index contributed by atoms with van der Waals surface area (Å²) < 4.78 is 0. The third kappa shape index (κ3) is 3.96. The van der Waals surface area contributed by atoms with Crippen molar-refractivity contribution >= 4 is 11.4 Å². The van der Waals surface area contributed by atoms with Gasteiger partial charge in [0.05, 0.1) is 0 Å². The highest BCUT2D eigenvalue weighted by molar-refractivity contribution is 5.73. The molecular formula is C26H24N2. The summed E-state index contributed by atoms with van der Waals surface area (Å²) in [6.45, 7) is 4.43. The van der Waals surface area contributed by atoms with E-state index in [1.54, 1.807) is 6.20 Å². The molecule has 0 bridgehead atoms. The molecule has 28 heavy (non-hydrogen) atoms. The quantitative estimate of drug-likeness (QED) is 0.499. The van der Waals surface area contributed by atoms with E-state index in [-0.39, 0.29) is 5.41 Å². The Kier molecular flexibility index (Phi) is 4.94. The van der Waals surface area contributed by atoms with Crippen molar-refractivity contribution in [2.75, 3.05) is 4.90 Å². The van der Waals surface area contributed by atoms with Gasteiger partial charge in [-0.1, -0.05) is 68.5 Å². The first kappa shape index (κ1) is 18.0. The number of hydrogen-bond acceptors (Lipinski definition) is 2. The van der Waals surface area contributed by atoms with E-state index in [0.717, 1.165) is 28.2 Å². The first-order valence-electron chi connectivity index (χ1n) is 9.57. The summed E-state index contributed by atoms with van der Waals surface area (Å²) in [6.07, 6.45) is 14.7. The zero-order valence-corrected chi connectivity index (χ0v) is 16.3. The van der Waals surface area contributed by atoms with Crippen molar-refractivity contribution in [1.29, 1.82) is 0 Å². The molecule has 1 aliphatic carbocycles. The molecule has 0 fully saturated rings. The maximum atomic E-state index is 4.23. The van der Waals surface area contributed by atoms with Crippen LogP contribution in [0, 0.1) is 5.41 Å². The minimum atomic E-state index is 0.0464. The minimum Gasteiger partial charge on any atom is -0.311 e. The van der Waals surface area contributed by atoms with Gasteiger partial charge >= 0.3 is 0 Å². The van der Waals surface area contributed by atoms with Crippen LogP contribution in [0.2, 0.25) is 0 Å². The first-order chi connectivity index (χ1) is 13.6. The van der Waals surface area contributed by atoms with E-state index < -0.39 is 0 Å². The number of hydrogen-bond donors (Lipinski definition) is 0. The fourth-order valence-electron chi connectivity index (χ4n) is 3.32. The van der Waals surface area contributed by atoms with Crippen molar-refractivity contribution in [3.8, 4) is 11.1 Å². The minimum absolute atomic E-state index is 0.0464. The lowest BCUT2D eigenvalue weighted by Crippen LogP contribution is -2.15. The standard InChI is InChI=1S/C26H24N2/c1-26(2)17-6-11-24(16-18-26)28(23-9-4-3-5-10-23)25-14-12-21(13-15-25)22-8-7-19-27-20-22/h3-20H,1-2H3. The van der Waals surface area contributed by atoms with Gasteiger partial charge in [0.25, 0.3) is 0 Å². The molecule has 2 nitrogen and oxygen atoms in total. The average Bonchev–Trinajstić information content (AvgIpc) is 2.91. The number of nitrogens with zero attached hydrogens (tertiary/aromatic N) is 2. The number of benzene rings is 2. The smallest absolute Gasteiger partial charge is 0.0462 e. The van der Waals surface area contributed by atoms with Crippen molar-refractivity contribution in [2.24, 2.45) is 5.41 Å². The van der Waals surface area contributed by atoms with Crippen LogP contribution in [0.15, 0.2) is 115 Å². The van der Waals surface area contributed by atoms with E-state index in [1.165, 1.54) is 0 Å². The molecule has 1 aliphatic rings. The molecule has 138 valence electrons. The van der Waals surface area contributed by atoms with E-state index >= 15 is 0 Å². The van der Waals surface area contributed by atoms with Crippen LogP contribution in [0.4, 0.5) is 11.4 Å². The molecule has 1 aromatic heterocycles. The van der Waals surface area contributed by atoms with Gasteiger partial charge < -0.3 is 4.90 Å². The first-order valence-corrected chi connectivity index (χ1v) is 9.57. The third-order valence-corrected chi connectivity index (χ3v) is 4.87. The van der Waals surface area contributed by atoms with E-state index in [4.69, 9.17) is 0 Å². The maximum Gasteiger partial charge on any atom is 0.0462 e. The molecule has 0 spiro atoms. The van der Waals surface area contributed by atoms with Crippen LogP contribution in [0.25, 0.3) is 11.1 Å². The Hall–Kier alpha value is -3.39. The molecule has 2 heteroatoms. The molecule has 0 aliphatic heterocycles. The summed E-state index contributed by atoms with van der Waals surface area (Å²) >= 11 is 0. The number of rotatable bonds is 4. The molecule has 4 rings (SSSR count). The molecule has 0 radical (unpaired) electrons. The highest BCUT2D eigenvalue weighted by Gasteiger charge is 2.16. The van der Waals surface area contributed by atoms with Crippen LogP contribution in [-0.2, 0) is 0 Å². The Balaban J connectivity index is 1.75. The molecule has 0 atom stereocenters. The van der Waals surface area contributed by atoms with Crippen LogP contribution < -0.4 is 4.90 Å². The second kappa shape index (κ2) is 7.69. The molecule has 2 aromatic carbocycles. The van der Waals surface area contributed by atoms with Crippen molar-refractivity contribution in [3.05, 3.63) is 115 Å². The summed E-state index contributed by atoms with van der Waals surface area (Å²) in [7, 11) is 0. The summed E-state index contributed by atoms with van der Waals surface area (Å²) in [5.74, 6) is 0. The Labute approximate surface area is 167 Å². The highest BCUT2D eigenvalue weighted by Crippen LogP contribution is 2.34. The fraction of sp³-hybridized carbons (Fsp3) is 0.115. The summed E-state index contributed by atoms with van der Waals surface area (Å²) in [5.41, 5.74) is 5.74. The lowest BCUT2D eigenvalue weighted by atomic mass is 9.93. The lowest BCUT2D eigenvalue weighted by molar-refractivity contribution is 0.627. The summed E-state index contributed by atoms with van der Waals surface area (Å²) in [4.78, 5) is 6.51. The number of allylic oxidation sites excluding steroid dienone is 5. The van der Waals surface area contributed by atoms with Gasteiger partial charge in [-0.05, 0) is 53.6 Å². The molecular weight excluding hydrogens is 340 g/mol. The van der Waals surface area contributed by atoms with Gasteiger partial charge in [-0.3, -0.25) is 4.98 Å². The number of anilines is 2. The SMILES string of the molecule is CC1(C)C=CC=C(N(c2ccccc2)c2ccc(-c3cccnc3)cc2)C=C1. The second-order valence-corrected chi connectivity index (χ2v) is 7.56. The molecule has 0 saturated carbocycles. The Morgan fingerprint density at radius 3 is 2.21 bits per heavy atom. The Bertz CT molecular complexity index is 1010. The van der Waals surface area contributed by atoms with Gasteiger partial charge in [0.15, 0.2) is 0 Å². The monoisotopic (exact) mass is 364 g/mol. The van der Waals surface area contributed by atoms with Crippen molar-refractivity contribution in [1.82, 2.24) is 4.98 Å². The summed E-state index contributed by atoms with van der Waals surface area (Å²) in [5, 5.41) is 0. The highest BCUT2D eigenvalue weighted by atomic mass is 15.1. The number of aromatic nitrogens is 1. The maximum absolute atomic E-state index is 4.23. The number of para-hydroxylation sites is 1. The van der Waals surface area contributed by atoms with Crippen LogP contribution >= 0.6 is 0 Å². The predicted octanol–water partition coefficient (Wildman–Crippen LogP) is 6.92. The van der Waals surface area contributed by atoms with Gasteiger partial charge in [0, 0.05) is 34.9 Å². The zero-order valence-electron chi connectivity index (χ0n) is 16.3. The molecule has 0 saturated heterocycles. The van der Waals surface area contributed by atoms with E-state index in [9.17, 15) is 0 Å². The van der Waals surface area contributed by atoms with Gasteiger partial charge in [0.2, 0.25) is 0 Å². The molecule has 1 heterocycles. The van der Waals surface area contributed by atoms with Crippen LogP contribution in [-0.4, -0.2) is 4.98 Å². The third-order valence-electron chi connectivity index (χ3n) is 4.87. The second-order valence-electron chi connectivity index (χ2n) is 7.56. The fourth-order valence-corrected chi connectivity index (χ4v) is 3.32. The van der Waals surface area contributed by atoms with Crippen molar-refractivity contribution < 1.29 is 0 Å². The van der Waals surface area contributed by atoms with Crippen LogP contribution in [0.3, 0.4) is 0 Å². The Morgan fingerprint density at radius 2 is 1.50 bits per heavy atom. The van der Waals surface area contributed by atoms with E-state index in [2.05, 4.69) is 109 Å². The van der Waals surface area contributed by atoms with Crippen LogP contribution in [0.5, 0.6) is 0 Å². The Morgan fingerprint density at radius 1 is 0.750 bits per heavy atom. The van der Waals surface area contributed by atoms with E-state index in [0.29, 0.717) is 0 Å². The van der Waals surface area contributed by atoms with Gasteiger partial charge in [-0.15, -0.1) is 0 Å². The lowest BCUT2D eigenvalue weighted by Gasteiger charge is -2.26. The van der Waals surface area contributed by atoms with Crippen molar-refractivity contribution in [3.63, 3.8) is 0 Å². The van der Waals surface area contributed by atoms with Crippen LogP contribution in [0.1, 0.15) is 13.8 Å². The normalized spacial score (nSPS) is 15.0. The largest absolute Gasteiger partial charge is 0.311 e. The summed E-state index contributed by atoms with van der Waals surface area (Å²) in [6, 6.07) is 23.2. The zero-order chi connectivity index (χ0) is 19.4. The molecule has 0 amide bonds. The molecule has 3 aromatic rings. The van der Waals surface area contributed by atoms with E-state index in [1.807, 2.05) is 18.3 Å². The molecule has 0 N–H and O–H groups in total. The predicted molar refractivity (Wildman–Crippen MR) is 118 cm³/mol. The van der Waals surface area contributed by atoms with Gasteiger partial charge in [-0.2, -0.15) is 0 Å². The van der Waals surface area contributed by atoms with Gasteiger partial charge in [0.1, 0.15) is 0 Å². The van der Waals surface area contributed by atoms with Crippen molar-refractivity contribution in [2.45, 2.75) is 13.8 Å². The average molecular weight is 364 g/mol. The molecule has 0 unspecified atom stereocenters. The topological polar surface area (TPSA) is 16.1 Å².